The van der Waals surface area contributed by atoms with E-state index in [1.807, 2.05) is 42.7 Å². The molecule has 2 heterocycles. The molecule has 3 rings (SSSR count). The Labute approximate surface area is 146 Å². The Hall–Kier alpha value is -1.54. The van der Waals surface area contributed by atoms with Gasteiger partial charge in [0, 0.05) is 11.8 Å². The lowest BCUT2D eigenvalue weighted by Crippen LogP contribution is -2.10. The third kappa shape index (κ3) is 4.10. The van der Waals surface area contributed by atoms with Crippen LogP contribution < -0.4 is 4.74 Å². The van der Waals surface area contributed by atoms with E-state index in [1.165, 1.54) is 17.3 Å². The van der Waals surface area contributed by atoms with Crippen molar-refractivity contribution >= 4 is 21.6 Å². The van der Waals surface area contributed by atoms with Crippen LogP contribution in [0.5, 0.6) is 5.75 Å². The van der Waals surface area contributed by atoms with Crippen molar-refractivity contribution < 1.29 is 13.2 Å². The molecule has 0 amide bonds. The van der Waals surface area contributed by atoms with Crippen molar-refractivity contribution in [3.8, 4) is 5.75 Å². The van der Waals surface area contributed by atoms with E-state index < -0.39 is 9.84 Å². The Kier molecular flexibility index (Phi) is 5.15. The molecule has 8 heteroatoms. The van der Waals surface area contributed by atoms with Crippen molar-refractivity contribution in [2.45, 2.75) is 43.8 Å². The van der Waals surface area contributed by atoms with Gasteiger partial charge in [0.25, 0.3) is 0 Å². The number of aryl methyl sites for hydroxylation is 1. The SMILES string of the molecule is CCn1c(COc2ccc(C)cc2)nnc1SC1CCS(=O)(=O)C1. The molecular formula is C16H21N3O3S2. The zero-order valence-electron chi connectivity index (χ0n) is 13.8. The number of nitrogens with zero attached hydrogens (tertiary/aromatic N) is 3. The minimum absolute atomic E-state index is 0.0652. The third-order valence-electron chi connectivity index (χ3n) is 3.96. The summed E-state index contributed by atoms with van der Waals surface area (Å²) in [4.78, 5) is 0. The first-order valence-electron chi connectivity index (χ1n) is 7.95. The molecule has 0 aliphatic carbocycles. The van der Waals surface area contributed by atoms with Gasteiger partial charge < -0.3 is 9.30 Å². The first-order valence-corrected chi connectivity index (χ1v) is 10.7. The topological polar surface area (TPSA) is 74.1 Å². The number of rotatable bonds is 6. The van der Waals surface area contributed by atoms with E-state index in [1.54, 1.807) is 0 Å². The quantitative estimate of drug-likeness (QED) is 0.781. The van der Waals surface area contributed by atoms with Crippen molar-refractivity contribution in [1.29, 1.82) is 0 Å². The molecule has 0 spiro atoms. The van der Waals surface area contributed by atoms with Crippen molar-refractivity contribution in [2.24, 2.45) is 0 Å². The fourth-order valence-corrected chi connectivity index (χ4v) is 6.19. The second-order valence-electron chi connectivity index (χ2n) is 5.89. The summed E-state index contributed by atoms with van der Waals surface area (Å²) in [5, 5.41) is 9.27. The minimum atomic E-state index is -2.88. The number of thioether (sulfide) groups is 1. The molecule has 1 aromatic heterocycles. The summed E-state index contributed by atoms with van der Waals surface area (Å²) in [5.41, 5.74) is 1.18. The minimum Gasteiger partial charge on any atom is -0.486 e. The Balaban J connectivity index is 1.66. The highest BCUT2D eigenvalue weighted by atomic mass is 32.2. The summed E-state index contributed by atoms with van der Waals surface area (Å²) in [6.45, 7) is 5.12. The monoisotopic (exact) mass is 367 g/mol. The molecule has 2 aromatic rings. The maximum Gasteiger partial charge on any atom is 0.191 e. The second kappa shape index (κ2) is 7.14. The molecule has 1 aromatic carbocycles. The van der Waals surface area contributed by atoms with Gasteiger partial charge in [0.2, 0.25) is 0 Å². The lowest BCUT2D eigenvalue weighted by atomic mass is 10.2. The van der Waals surface area contributed by atoms with Gasteiger partial charge in [0.05, 0.1) is 11.5 Å². The van der Waals surface area contributed by atoms with Crippen molar-refractivity contribution in [3.05, 3.63) is 35.7 Å². The van der Waals surface area contributed by atoms with Gasteiger partial charge in [-0.15, -0.1) is 10.2 Å². The lowest BCUT2D eigenvalue weighted by molar-refractivity contribution is 0.288. The van der Waals surface area contributed by atoms with Crippen LogP contribution in [0, 0.1) is 6.92 Å². The van der Waals surface area contributed by atoms with E-state index in [4.69, 9.17) is 4.74 Å². The third-order valence-corrected chi connectivity index (χ3v) is 7.19. The maximum atomic E-state index is 11.6. The highest BCUT2D eigenvalue weighted by Gasteiger charge is 2.30. The summed E-state index contributed by atoms with van der Waals surface area (Å²) in [7, 11) is -2.88. The molecule has 24 heavy (non-hydrogen) atoms. The molecular weight excluding hydrogens is 346 g/mol. The van der Waals surface area contributed by atoms with Gasteiger partial charge in [-0.2, -0.15) is 0 Å². The largest absolute Gasteiger partial charge is 0.486 e. The first-order chi connectivity index (χ1) is 11.5. The number of sulfone groups is 1. The maximum absolute atomic E-state index is 11.6. The van der Waals surface area contributed by atoms with Crippen LogP contribution in [0.25, 0.3) is 0 Å². The smallest absolute Gasteiger partial charge is 0.191 e. The molecule has 6 nitrogen and oxygen atoms in total. The molecule has 130 valence electrons. The summed E-state index contributed by atoms with van der Waals surface area (Å²) in [5.74, 6) is 2.04. The van der Waals surface area contributed by atoms with E-state index in [9.17, 15) is 8.42 Å². The van der Waals surface area contributed by atoms with E-state index in [-0.39, 0.29) is 16.8 Å². The second-order valence-corrected chi connectivity index (χ2v) is 9.38. The van der Waals surface area contributed by atoms with Gasteiger partial charge in [0.15, 0.2) is 20.8 Å². The number of aromatic nitrogens is 3. The summed E-state index contributed by atoms with van der Waals surface area (Å²) in [6.07, 6.45) is 0.679. The van der Waals surface area contributed by atoms with Crippen LogP contribution in [0.3, 0.4) is 0 Å². The lowest BCUT2D eigenvalue weighted by Gasteiger charge is -2.10. The van der Waals surface area contributed by atoms with Crippen LogP contribution in [0.2, 0.25) is 0 Å². The molecule has 1 fully saturated rings. The fourth-order valence-electron chi connectivity index (χ4n) is 2.62. The summed E-state index contributed by atoms with van der Waals surface area (Å²) in [6, 6.07) is 7.87. The van der Waals surface area contributed by atoms with Crippen LogP contribution in [0.15, 0.2) is 29.4 Å². The molecule has 1 unspecified atom stereocenters. The summed E-state index contributed by atoms with van der Waals surface area (Å²) >= 11 is 1.50. The van der Waals surface area contributed by atoms with Gasteiger partial charge in [-0.1, -0.05) is 29.5 Å². The van der Waals surface area contributed by atoms with Gasteiger partial charge in [-0.05, 0) is 32.4 Å². The predicted octanol–water partition coefficient (Wildman–Crippen LogP) is 2.46. The van der Waals surface area contributed by atoms with Gasteiger partial charge >= 0.3 is 0 Å². The molecule has 1 aliphatic rings. The Morgan fingerprint density at radius 2 is 2.04 bits per heavy atom. The van der Waals surface area contributed by atoms with Gasteiger partial charge in [-0.3, -0.25) is 0 Å². The van der Waals surface area contributed by atoms with Gasteiger partial charge in [-0.25, -0.2) is 8.42 Å². The molecule has 0 radical (unpaired) electrons. The molecule has 1 aliphatic heterocycles. The van der Waals surface area contributed by atoms with Crippen LogP contribution in [0.4, 0.5) is 0 Å². The van der Waals surface area contributed by atoms with Crippen molar-refractivity contribution in [1.82, 2.24) is 14.8 Å². The van der Waals surface area contributed by atoms with E-state index >= 15 is 0 Å². The average molecular weight is 367 g/mol. The molecule has 0 N–H and O–H groups in total. The Morgan fingerprint density at radius 1 is 1.29 bits per heavy atom. The number of ether oxygens (including phenoxy) is 1. The molecule has 1 saturated heterocycles. The Bertz CT molecular complexity index is 800. The molecule has 0 saturated carbocycles. The van der Waals surface area contributed by atoms with E-state index in [0.29, 0.717) is 13.0 Å². The molecule has 0 bridgehead atoms. The summed E-state index contributed by atoms with van der Waals surface area (Å²) < 4.78 is 31.0. The van der Waals surface area contributed by atoms with Crippen molar-refractivity contribution in [3.63, 3.8) is 0 Å². The van der Waals surface area contributed by atoms with Crippen LogP contribution in [0.1, 0.15) is 24.7 Å². The average Bonchev–Trinajstić information content (AvgIpc) is 3.09. The zero-order chi connectivity index (χ0) is 17.2. The van der Waals surface area contributed by atoms with Gasteiger partial charge in [0.1, 0.15) is 12.4 Å². The predicted molar refractivity (Wildman–Crippen MR) is 94.1 cm³/mol. The fraction of sp³-hybridized carbons (Fsp3) is 0.500. The standard InChI is InChI=1S/C16H21N3O3S2/c1-3-19-15(10-22-13-6-4-12(2)5-7-13)17-18-16(19)23-14-8-9-24(20,21)11-14/h4-7,14H,3,8-11H2,1-2H3. The molecule has 1 atom stereocenters. The highest BCUT2D eigenvalue weighted by Crippen LogP contribution is 2.30. The van der Waals surface area contributed by atoms with Crippen LogP contribution in [-0.4, -0.2) is 39.9 Å². The van der Waals surface area contributed by atoms with Crippen LogP contribution in [-0.2, 0) is 23.0 Å². The number of hydrogen-bond acceptors (Lipinski definition) is 6. The first kappa shape index (κ1) is 17.3. The van der Waals surface area contributed by atoms with Crippen LogP contribution >= 0.6 is 11.8 Å². The highest BCUT2D eigenvalue weighted by molar-refractivity contribution is 8.01. The number of hydrogen-bond donors (Lipinski definition) is 0. The van der Waals surface area contributed by atoms with E-state index in [0.717, 1.165) is 23.3 Å². The van der Waals surface area contributed by atoms with E-state index in [2.05, 4.69) is 10.2 Å². The zero-order valence-corrected chi connectivity index (χ0v) is 15.4. The normalized spacial score (nSPS) is 19.5. The Morgan fingerprint density at radius 3 is 2.67 bits per heavy atom. The number of benzene rings is 1. The van der Waals surface area contributed by atoms with Crippen molar-refractivity contribution in [2.75, 3.05) is 11.5 Å².